The van der Waals surface area contributed by atoms with Gasteiger partial charge in [0.25, 0.3) is 5.91 Å². The van der Waals surface area contributed by atoms with Gasteiger partial charge in [-0.2, -0.15) is 0 Å². The van der Waals surface area contributed by atoms with E-state index in [0.717, 1.165) is 30.3 Å². The van der Waals surface area contributed by atoms with E-state index in [1.165, 1.54) is 25.3 Å². The standard InChI is InChI=1S/C20H26N2O4.ClH/c1-2-14-10-20(24)26-18-11-16(7-8-17(14)18)25-13-19(23)22-12-15-6-4-3-5-9-21-15;/h7-8,10-11,15,21H,2-6,9,12-13H2,1H3,(H,22,23);1H. The number of amides is 1. The van der Waals surface area contributed by atoms with Crippen molar-refractivity contribution in [3.63, 3.8) is 0 Å². The van der Waals surface area contributed by atoms with Gasteiger partial charge in [-0.1, -0.05) is 19.8 Å². The average molecular weight is 395 g/mol. The zero-order chi connectivity index (χ0) is 18.4. The summed E-state index contributed by atoms with van der Waals surface area (Å²) in [6.45, 7) is 3.57. The predicted molar refractivity (Wildman–Crippen MR) is 108 cm³/mol. The summed E-state index contributed by atoms with van der Waals surface area (Å²) in [5.74, 6) is 0.358. The summed E-state index contributed by atoms with van der Waals surface area (Å²) in [4.78, 5) is 23.6. The summed E-state index contributed by atoms with van der Waals surface area (Å²) >= 11 is 0. The number of carbonyl (C=O) groups excluding carboxylic acids is 1. The third kappa shape index (κ3) is 5.97. The first kappa shape index (κ1) is 21.3. The molecule has 0 aliphatic carbocycles. The van der Waals surface area contributed by atoms with Gasteiger partial charge in [0.15, 0.2) is 6.61 Å². The maximum Gasteiger partial charge on any atom is 0.336 e. The molecule has 1 aliphatic heterocycles. The third-order valence-corrected chi connectivity index (χ3v) is 4.76. The summed E-state index contributed by atoms with van der Waals surface area (Å²) in [7, 11) is 0. The van der Waals surface area contributed by atoms with Crippen molar-refractivity contribution in [2.45, 2.75) is 45.1 Å². The van der Waals surface area contributed by atoms with Crippen LogP contribution in [0, 0.1) is 0 Å². The summed E-state index contributed by atoms with van der Waals surface area (Å²) in [5, 5.41) is 7.26. The quantitative estimate of drug-likeness (QED) is 0.736. The molecule has 2 N–H and O–H groups in total. The lowest BCUT2D eigenvalue weighted by molar-refractivity contribution is -0.123. The zero-order valence-electron chi connectivity index (χ0n) is 15.6. The van der Waals surface area contributed by atoms with Crippen molar-refractivity contribution in [3.8, 4) is 5.75 Å². The molecule has 1 fully saturated rings. The van der Waals surface area contributed by atoms with Gasteiger partial charge < -0.3 is 19.8 Å². The first-order valence-corrected chi connectivity index (χ1v) is 9.35. The van der Waals surface area contributed by atoms with Gasteiger partial charge in [-0.15, -0.1) is 12.4 Å². The molecule has 0 bridgehead atoms. The molecule has 1 aliphatic rings. The molecule has 27 heavy (non-hydrogen) atoms. The molecule has 3 rings (SSSR count). The number of ether oxygens (including phenoxy) is 1. The fraction of sp³-hybridized carbons (Fsp3) is 0.500. The average Bonchev–Trinajstić information content (AvgIpc) is 2.92. The number of carbonyl (C=O) groups is 1. The van der Waals surface area contributed by atoms with Crippen molar-refractivity contribution in [1.82, 2.24) is 10.6 Å². The largest absolute Gasteiger partial charge is 0.484 e. The Balaban J connectivity index is 0.00000261. The highest BCUT2D eigenvalue weighted by atomic mass is 35.5. The highest BCUT2D eigenvalue weighted by Crippen LogP contribution is 2.23. The fourth-order valence-corrected chi connectivity index (χ4v) is 3.30. The smallest absolute Gasteiger partial charge is 0.336 e. The number of rotatable bonds is 6. The van der Waals surface area contributed by atoms with E-state index in [1.54, 1.807) is 12.1 Å². The first-order valence-electron chi connectivity index (χ1n) is 9.35. The van der Waals surface area contributed by atoms with E-state index < -0.39 is 0 Å². The van der Waals surface area contributed by atoms with E-state index in [9.17, 15) is 9.59 Å². The van der Waals surface area contributed by atoms with Crippen LogP contribution in [0.25, 0.3) is 11.0 Å². The molecule has 1 saturated heterocycles. The van der Waals surface area contributed by atoms with Crippen LogP contribution in [-0.4, -0.2) is 31.6 Å². The molecule has 0 radical (unpaired) electrons. The lowest BCUT2D eigenvalue weighted by atomic mass is 10.1. The molecule has 7 heteroatoms. The first-order chi connectivity index (χ1) is 12.7. The van der Waals surface area contributed by atoms with E-state index in [0.29, 0.717) is 23.9 Å². The lowest BCUT2D eigenvalue weighted by Gasteiger charge is -2.16. The number of benzene rings is 1. The van der Waals surface area contributed by atoms with Crippen LogP contribution in [0.15, 0.2) is 33.5 Å². The minimum atomic E-state index is -0.375. The van der Waals surface area contributed by atoms with Crippen molar-refractivity contribution in [1.29, 1.82) is 0 Å². The van der Waals surface area contributed by atoms with E-state index in [-0.39, 0.29) is 30.5 Å². The Kier molecular flexibility index (Phi) is 8.13. The van der Waals surface area contributed by atoms with Crippen LogP contribution in [0.1, 0.15) is 38.2 Å². The molecule has 1 aromatic carbocycles. The number of aryl methyl sites for hydroxylation is 1. The van der Waals surface area contributed by atoms with Gasteiger partial charge >= 0.3 is 5.63 Å². The SMILES string of the molecule is CCc1cc(=O)oc2cc(OCC(=O)NCC3CCCCCN3)ccc12.Cl. The second-order valence-electron chi connectivity index (χ2n) is 6.70. The molecule has 0 spiro atoms. The maximum absolute atomic E-state index is 12.0. The minimum Gasteiger partial charge on any atom is -0.484 e. The fourth-order valence-electron chi connectivity index (χ4n) is 3.30. The van der Waals surface area contributed by atoms with E-state index in [1.807, 2.05) is 13.0 Å². The molecule has 1 amide bonds. The molecule has 148 valence electrons. The molecular formula is C20H27ClN2O4. The Hall–Kier alpha value is -2.05. The van der Waals surface area contributed by atoms with Crippen LogP contribution >= 0.6 is 12.4 Å². The van der Waals surface area contributed by atoms with Crippen molar-refractivity contribution >= 4 is 29.3 Å². The molecule has 6 nitrogen and oxygen atoms in total. The number of nitrogens with one attached hydrogen (secondary N) is 2. The number of fused-ring (bicyclic) bond motifs is 1. The second-order valence-corrected chi connectivity index (χ2v) is 6.70. The van der Waals surface area contributed by atoms with Crippen LogP contribution in [0.3, 0.4) is 0 Å². The zero-order valence-corrected chi connectivity index (χ0v) is 16.4. The minimum absolute atomic E-state index is 0. The Morgan fingerprint density at radius 2 is 2.15 bits per heavy atom. The van der Waals surface area contributed by atoms with E-state index in [2.05, 4.69) is 10.6 Å². The van der Waals surface area contributed by atoms with Crippen LogP contribution in [0.4, 0.5) is 0 Å². The van der Waals surface area contributed by atoms with Crippen LogP contribution in [-0.2, 0) is 11.2 Å². The molecule has 0 saturated carbocycles. The van der Waals surface area contributed by atoms with Gasteiger partial charge in [-0.05, 0) is 43.5 Å². The monoisotopic (exact) mass is 394 g/mol. The Labute approximate surface area is 165 Å². The van der Waals surface area contributed by atoms with Gasteiger partial charge in [-0.25, -0.2) is 4.79 Å². The van der Waals surface area contributed by atoms with Gasteiger partial charge in [0, 0.05) is 30.1 Å². The van der Waals surface area contributed by atoms with Crippen LogP contribution < -0.4 is 21.0 Å². The normalized spacial score (nSPS) is 17.0. The number of hydrogen-bond acceptors (Lipinski definition) is 5. The van der Waals surface area contributed by atoms with Crippen LogP contribution in [0.2, 0.25) is 0 Å². The molecule has 2 aromatic rings. The van der Waals surface area contributed by atoms with Crippen molar-refractivity contribution < 1.29 is 13.9 Å². The molecule has 1 aromatic heterocycles. The molecule has 1 atom stereocenters. The highest BCUT2D eigenvalue weighted by Gasteiger charge is 2.13. The maximum atomic E-state index is 12.0. The van der Waals surface area contributed by atoms with Crippen molar-refractivity contribution in [2.75, 3.05) is 19.7 Å². The van der Waals surface area contributed by atoms with E-state index in [4.69, 9.17) is 9.15 Å². The molecular weight excluding hydrogens is 368 g/mol. The molecule has 2 heterocycles. The summed E-state index contributed by atoms with van der Waals surface area (Å²) in [5.41, 5.74) is 1.05. The predicted octanol–water partition coefficient (Wildman–Crippen LogP) is 2.80. The van der Waals surface area contributed by atoms with Gasteiger partial charge in [-0.3, -0.25) is 4.79 Å². The Morgan fingerprint density at radius 1 is 1.30 bits per heavy atom. The van der Waals surface area contributed by atoms with Gasteiger partial charge in [0.05, 0.1) is 0 Å². The second kappa shape index (κ2) is 10.3. The Bertz CT molecular complexity index is 813. The van der Waals surface area contributed by atoms with Crippen molar-refractivity contribution in [3.05, 3.63) is 40.2 Å². The van der Waals surface area contributed by atoms with E-state index >= 15 is 0 Å². The molecule has 1 unspecified atom stereocenters. The van der Waals surface area contributed by atoms with Gasteiger partial charge in [0.1, 0.15) is 11.3 Å². The highest BCUT2D eigenvalue weighted by molar-refractivity contribution is 5.85. The third-order valence-electron chi connectivity index (χ3n) is 4.76. The van der Waals surface area contributed by atoms with Gasteiger partial charge in [0.2, 0.25) is 0 Å². The summed E-state index contributed by atoms with van der Waals surface area (Å²) < 4.78 is 10.8. The number of hydrogen-bond donors (Lipinski definition) is 2. The van der Waals surface area contributed by atoms with Crippen LogP contribution in [0.5, 0.6) is 5.75 Å². The number of halogens is 1. The topological polar surface area (TPSA) is 80.6 Å². The lowest BCUT2D eigenvalue weighted by Crippen LogP contribution is -2.41. The Morgan fingerprint density at radius 3 is 2.96 bits per heavy atom. The van der Waals surface area contributed by atoms with Crippen molar-refractivity contribution in [2.24, 2.45) is 0 Å². The summed E-state index contributed by atoms with van der Waals surface area (Å²) in [6, 6.07) is 7.17. The summed E-state index contributed by atoms with van der Waals surface area (Å²) in [6.07, 6.45) is 5.49.